The molecule has 220 valence electrons. The van der Waals surface area contributed by atoms with Gasteiger partial charge in [-0.3, -0.25) is 13.9 Å². The molecule has 1 atom stereocenters. The molecule has 0 spiro atoms. The zero-order valence-electron chi connectivity index (χ0n) is 24.5. The molecule has 0 saturated heterocycles. The number of methoxy groups -OCH3 is 1. The first-order chi connectivity index (χ1) is 19.4. The van der Waals surface area contributed by atoms with Crippen molar-refractivity contribution in [2.24, 2.45) is 0 Å². The van der Waals surface area contributed by atoms with E-state index in [1.807, 2.05) is 26.8 Å². The maximum atomic E-state index is 14.1. The van der Waals surface area contributed by atoms with Crippen molar-refractivity contribution >= 4 is 27.5 Å². The number of rotatable bonds is 12. The van der Waals surface area contributed by atoms with Crippen LogP contribution >= 0.6 is 0 Å². The molecule has 0 bridgehead atoms. The molecule has 1 N–H and O–H groups in total. The summed E-state index contributed by atoms with van der Waals surface area (Å²) in [4.78, 5) is 28.8. The number of sulfonamides is 1. The summed E-state index contributed by atoms with van der Waals surface area (Å²) in [7, 11) is -2.65. The Morgan fingerprint density at radius 1 is 0.951 bits per heavy atom. The molecule has 0 aromatic heterocycles. The van der Waals surface area contributed by atoms with E-state index in [-0.39, 0.29) is 23.0 Å². The van der Waals surface area contributed by atoms with Crippen LogP contribution in [0.4, 0.5) is 5.69 Å². The normalized spacial score (nSPS) is 12.2. The fourth-order valence-corrected chi connectivity index (χ4v) is 5.64. The molecule has 3 aromatic carbocycles. The molecule has 0 saturated carbocycles. The zero-order valence-corrected chi connectivity index (χ0v) is 25.3. The van der Waals surface area contributed by atoms with Crippen LogP contribution < -0.4 is 19.1 Å². The van der Waals surface area contributed by atoms with Crippen molar-refractivity contribution < 1.29 is 27.5 Å². The summed E-state index contributed by atoms with van der Waals surface area (Å²) < 4.78 is 40.1. The predicted octanol–water partition coefficient (Wildman–Crippen LogP) is 4.62. The highest BCUT2D eigenvalue weighted by molar-refractivity contribution is 7.92. The topological polar surface area (TPSA) is 105 Å². The third-order valence-electron chi connectivity index (χ3n) is 6.20. The average Bonchev–Trinajstić information content (AvgIpc) is 2.94. The molecule has 1 unspecified atom stereocenters. The lowest BCUT2D eigenvalue weighted by Gasteiger charge is -2.33. The number of ether oxygens (including phenoxy) is 2. The SMILES string of the molecule is CCOc1ccccc1N(CC(=O)N(Cc1cccc(OC)c1)C(C)C(=O)NC(C)(C)C)S(=O)(=O)c1ccccc1. The van der Waals surface area contributed by atoms with Gasteiger partial charge in [0.2, 0.25) is 11.8 Å². The van der Waals surface area contributed by atoms with Gasteiger partial charge in [-0.2, -0.15) is 0 Å². The number of para-hydroxylation sites is 2. The van der Waals surface area contributed by atoms with E-state index in [9.17, 15) is 18.0 Å². The van der Waals surface area contributed by atoms with Crippen molar-refractivity contribution in [3.05, 3.63) is 84.4 Å². The summed E-state index contributed by atoms with van der Waals surface area (Å²) in [5, 5.41) is 2.92. The summed E-state index contributed by atoms with van der Waals surface area (Å²) in [6.45, 7) is 8.78. The minimum Gasteiger partial charge on any atom is -0.497 e. The molecule has 0 radical (unpaired) electrons. The lowest BCUT2D eigenvalue weighted by molar-refractivity contribution is -0.140. The van der Waals surface area contributed by atoms with Crippen molar-refractivity contribution in [1.82, 2.24) is 10.2 Å². The molecular weight excluding hydrogens is 542 g/mol. The Balaban J connectivity index is 2.08. The fraction of sp³-hybridized carbons (Fsp3) is 0.355. The van der Waals surface area contributed by atoms with Gasteiger partial charge in [-0.05, 0) is 76.6 Å². The Labute approximate surface area is 243 Å². The Hall–Kier alpha value is -4.05. The van der Waals surface area contributed by atoms with Gasteiger partial charge in [0.25, 0.3) is 10.0 Å². The fourth-order valence-electron chi connectivity index (χ4n) is 4.20. The Kier molecular flexibility index (Phi) is 10.4. The molecule has 3 aromatic rings. The van der Waals surface area contributed by atoms with Gasteiger partial charge in [0, 0.05) is 12.1 Å². The lowest BCUT2D eigenvalue weighted by atomic mass is 10.1. The van der Waals surface area contributed by atoms with E-state index in [2.05, 4.69) is 5.32 Å². The highest BCUT2D eigenvalue weighted by Crippen LogP contribution is 2.33. The van der Waals surface area contributed by atoms with Gasteiger partial charge in [0.1, 0.15) is 24.1 Å². The minimum absolute atomic E-state index is 0.0250. The van der Waals surface area contributed by atoms with Gasteiger partial charge < -0.3 is 19.7 Å². The van der Waals surface area contributed by atoms with Crippen LogP contribution in [0, 0.1) is 0 Å². The van der Waals surface area contributed by atoms with Crippen LogP contribution in [0.15, 0.2) is 83.8 Å². The van der Waals surface area contributed by atoms with Gasteiger partial charge in [0.15, 0.2) is 0 Å². The number of benzene rings is 3. The lowest BCUT2D eigenvalue weighted by Crippen LogP contribution is -2.54. The maximum Gasteiger partial charge on any atom is 0.264 e. The number of anilines is 1. The van der Waals surface area contributed by atoms with E-state index in [1.165, 1.54) is 17.0 Å². The van der Waals surface area contributed by atoms with Crippen LogP contribution in [-0.4, -0.2) is 57.0 Å². The van der Waals surface area contributed by atoms with Gasteiger partial charge in [-0.15, -0.1) is 0 Å². The molecule has 0 aliphatic heterocycles. The summed E-state index contributed by atoms with van der Waals surface area (Å²) in [6, 6.07) is 20.8. The average molecular weight is 582 g/mol. The molecule has 0 heterocycles. The van der Waals surface area contributed by atoms with Crippen molar-refractivity contribution in [1.29, 1.82) is 0 Å². The van der Waals surface area contributed by atoms with Crippen LogP contribution in [0.2, 0.25) is 0 Å². The van der Waals surface area contributed by atoms with E-state index in [0.29, 0.717) is 18.1 Å². The first-order valence-corrected chi connectivity index (χ1v) is 14.9. The number of nitrogens with zero attached hydrogens (tertiary/aromatic N) is 2. The molecular formula is C31H39N3O6S. The summed E-state index contributed by atoms with van der Waals surface area (Å²) in [5.74, 6) is -0.00286. The smallest absolute Gasteiger partial charge is 0.264 e. The molecule has 0 aliphatic rings. The number of amides is 2. The largest absolute Gasteiger partial charge is 0.497 e. The standard InChI is InChI=1S/C31H39N3O6S/c1-7-40-28-19-12-11-18-27(28)34(41(37,38)26-16-9-8-10-17-26)22-29(35)33(23(2)30(36)32-31(3,4)5)21-24-14-13-15-25(20-24)39-6/h8-20,23H,7,21-22H2,1-6H3,(H,32,36). The van der Waals surface area contributed by atoms with Crippen molar-refractivity contribution in [2.75, 3.05) is 24.6 Å². The van der Waals surface area contributed by atoms with E-state index < -0.39 is 34.1 Å². The van der Waals surface area contributed by atoms with Gasteiger partial charge >= 0.3 is 0 Å². The third kappa shape index (κ3) is 8.23. The van der Waals surface area contributed by atoms with Crippen LogP contribution in [0.25, 0.3) is 0 Å². The van der Waals surface area contributed by atoms with Crippen LogP contribution in [0.3, 0.4) is 0 Å². The summed E-state index contributed by atoms with van der Waals surface area (Å²) >= 11 is 0. The Morgan fingerprint density at radius 2 is 1.61 bits per heavy atom. The summed E-state index contributed by atoms with van der Waals surface area (Å²) in [5.41, 5.74) is 0.412. The molecule has 9 nitrogen and oxygen atoms in total. The van der Waals surface area contributed by atoms with Gasteiger partial charge in [0.05, 0.1) is 24.3 Å². The number of carbonyl (C=O) groups is 2. The van der Waals surface area contributed by atoms with Crippen LogP contribution in [0.1, 0.15) is 40.2 Å². The summed E-state index contributed by atoms with van der Waals surface area (Å²) in [6.07, 6.45) is 0. The number of carbonyl (C=O) groups excluding carboxylic acids is 2. The van der Waals surface area contributed by atoms with Crippen molar-refractivity contribution in [2.45, 2.75) is 57.6 Å². The highest BCUT2D eigenvalue weighted by Gasteiger charge is 2.34. The monoisotopic (exact) mass is 581 g/mol. The van der Waals surface area contributed by atoms with Crippen LogP contribution in [-0.2, 0) is 26.2 Å². The predicted molar refractivity (Wildman–Crippen MR) is 159 cm³/mol. The second-order valence-electron chi connectivity index (χ2n) is 10.5. The number of nitrogens with one attached hydrogen (secondary N) is 1. The van der Waals surface area contributed by atoms with E-state index in [4.69, 9.17) is 9.47 Å². The molecule has 2 amide bonds. The Morgan fingerprint density at radius 3 is 2.24 bits per heavy atom. The first-order valence-electron chi connectivity index (χ1n) is 13.4. The second kappa shape index (κ2) is 13.5. The van der Waals surface area contributed by atoms with Crippen LogP contribution in [0.5, 0.6) is 11.5 Å². The number of hydrogen-bond donors (Lipinski definition) is 1. The maximum absolute atomic E-state index is 14.1. The second-order valence-corrected chi connectivity index (χ2v) is 12.4. The van der Waals surface area contributed by atoms with E-state index in [0.717, 1.165) is 9.87 Å². The first kappa shape index (κ1) is 31.5. The molecule has 10 heteroatoms. The van der Waals surface area contributed by atoms with E-state index >= 15 is 0 Å². The van der Waals surface area contributed by atoms with E-state index in [1.54, 1.807) is 81.6 Å². The Bertz CT molecular complexity index is 1440. The molecule has 0 fully saturated rings. The van der Waals surface area contributed by atoms with Gasteiger partial charge in [-0.1, -0.05) is 42.5 Å². The van der Waals surface area contributed by atoms with Crippen molar-refractivity contribution in [3.8, 4) is 11.5 Å². The highest BCUT2D eigenvalue weighted by atomic mass is 32.2. The van der Waals surface area contributed by atoms with Gasteiger partial charge in [-0.25, -0.2) is 8.42 Å². The quantitative estimate of drug-likeness (QED) is 0.335. The minimum atomic E-state index is -4.20. The zero-order chi connectivity index (χ0) is 30.2. The third-order valence-corrected chi connectivity index (χ3v) is 7.97. The molecule has 0 aliphatic carbocycles. The molecule has 3 rings (SSSR count). The number of hydrogen-bond acceptors (Lipinski definition) is 6. The van der Waals surface area contributed by atoms with Crippen molar-refractivity contribution in [3.63, 3.8) is 0 Å². The molecule has 41 heavy (non-hydrogen) atoms.